The van der Waals surface area contributed by atoms with Gasteiger partial charge in [-0.1, -0.05) is 43.7 Å². The van der Waals surface area contributed by atoms with Crippen molar-refractivity contribution in [3.8, 4) is 0 Å². The number of aliphatic hydroxyl groups excluding tert-OH is 2. The normalized spacial score (nSPS) is 42.1. The molecule has 0 aromatic heterocycles. The van der Waals surface area contributed by atoms with Crippen LogP contribution in [0.2, 0.25) is 0 Å². The second kappa shape index (κ2) is 9.26. The molecule has 4 heteroatoms. The number of aliphatic hydroxyl groups is 2. The van der Waals surface area contributed by atoms with Gasteiger partial charge < -0.3 is 14.9 Å². The lowest BCUT2D eigenvalue weighted by atomic mass is 9.61. The molecule has 4 nitrogen and oxygen atoms in total. The molecule has 1 saturated heterocycles. The zero-order valence-electron chi connectivity index (χ0n) is 20.9. The van der Waals surface area contributed by atoms with E-state index in [9.17, 15) is 10.2 Å². The van der Waals surface area contributed by atoms with E-state index < -0.39 is 12.2 Å². The van der Waals surface area contributed by atoms with Crippen molar-refractivity contribution in [1.82, 2.24) is 4.90 Å². The minimum absolute atomic E-state index is 0.237. The maximum Gasteiger partial charge on any atom is 0.0811 e. The highest BCUT2D eigenvalue weighted by atomic mass is 16.5. The molecule has 1 unspecified atom stereocenters. The summed E-state index contributed by atoms with van der Waals surface area (Å²) in [6, 6.07) is 0. The summed E-state index contributed by atoms with van der Waals surface area (Å²) in [5, 5.41) is 20.4. The minimum atomic E-state index is -0.604. The van der Waals surface area contributed by atoms with Gasteiger partial charge in [-0.3, -0.25) is 4.90 Å². The van der Waals surface area contributed by atoms with Crippen molar-refractivity contribution in [3.63, 3.8) is 0 Å². The fourth-order valence-corrected chi connectivity index (χ4v) is 7.78. The maximum atomic E-state index is 10.2. The molecular formula is C29H45NO3. The second-order valence-electron chi connectivity index (χ2n) is 12.3. The molecule has 0 amide bonds. The number of hydrogen-bond acceptors (Lipinski definition) is 4. The van der Waals surface area contributed by atoms with Crippen LogP contribution >= 0.6 is 0 Å². The zero-order valence-corrected chi connectivity index (χ0v) is 20.9. The molecule has 4 saturated carbocycles. The third kappa shape index (κ3) is 4.78. The van der Waals surface area contributed by atoms with Crippen LogP contribution in [0.15, 0.2) is 35.5 Å². The van der Waals surface area contributed by atoms with E-state index in [0.717, 1.165) is 37.1 Å². The Morgan fingerprint density at radius 1 is 1.15 bits per heavy atom. The van der Waals surface area contributed by atoms with Gasteiger partial charge in [-0.15, -0.1) is 0 Å². The number of morpholine rings is 1. The van der Waals surface area contributed by atoms with Crippen molar-refractivity contribution in [1.29, 1.82) is 0 Å². The highest BCUT2D eigenvalue weighted by Gasteiger charge is 2.51. The van der Waals surface area contributed by atoms with E-state index in [0.29, 0.717) is 29.7 Å². The Morgan fingerprint density at radius 3 is 2.64 bits per heavy atom. The van der Waals surface area contributed by atoms with Gasteiger partial charge in [0.25, 0.3) is 0 Å². The smallest absolute Gasteiger partial charge is 0.0811 e. The van der Waals surface area contributed by atoms with Crippen LogP contribution in [0.1, 0.15) is 78.1 Å². The van der Waals surface area contributed by atoms with Crippen LogP contribution in [0.3, 0.4) is 0 Å². The molecule has 0 aromatic carbocycles. The average molecular weight is 456 g/mol. The third-order valence-electron chi connectivity index (χ3n) is 10.1. The predicted octanol–water partition coefficient (Wildman–Crippen LogP) is 5.02. The summed E-state index contributed by atoms with van der Waals surface area (Å²) in [7, 11) is 0. The number of hydrogen-bond donors (Lipinski definition) is 2. The van der Waals surface area contributed by atoms with Gasteiger partial charge in [-0.25, -0.2) is 0 Å². The molecule has 184 valence electrons. The lowest BCUT2D eigenvalue weighted by molar-refractivity contribution is -0.0483. The quantitative estimate of drug-likeness (QED) is 0.572. The van der Waals surface area contributed by atoms with Crippen LogP contribution in [0, 0.1) is 23.2 Å². The first kappa shape index (κ1) is 23.8. The molecule has 0 aromatic rings. The molecule has 2 N–H and O–H groups in total. The summed E-state index contributed by atoms with van der Waals surface area (Å²) < 4.78 is 6.01. The molecule has 1 aliphatic heterocycles. The van der Waals surface area contributed by atoms with Gasteiger partial charge in [0.05, 0.1) is 24.4 Å². The van der Waals surface area contributed by atoms with E-state index in [4.69, 9.17) is 4.74 Å². The number of allylic oxidation sites excluding steroid dienone is 3. The van der Waals surface area contributed by atoms with Crippen molar-refractivity contribution < 1.29 is 14.9 Å². The fraction of sp³-hybridized carbons (Fsp3) is 0.793. The monoisotopic (exact) mass is 455 g/mol. The third-order valence-corrected chi connectivity index (χ3v) is 10.1. The van der Waals surface area contributed by atoms with Gasteiger partial charge in [-0.05, 0) is 99.5 Å². The van der Waals surface area contributed by atoms with E-state index in [2.05, 4.69) is 37.5 Å². The largest absolute Gasteiger partial charge is 0.388 e. The van der Waals surface area contributed by atoms with Gasteiger partial charge in [0, 0.05) is 13.1 Å². The Labute approximate surface area is 200 Å². The molecule has 33 heavy (non-hydrogen) atoms. The molecule has 5 fully saturated rings. The van der Waals surface area contributed by atoms with Gasteiger partial charge in [-0.2, -0.15) is 0 Å². The number of nitrogens with zero attached hydrogens (tertiary/aromatic N) is 1. The van der Waals surface area contributed by atoms with E-state index >= 15 is 0 Å². The minimum Gasteiger partial charge on any atom is -0.388 e. The van der Waals surface area contributed by atoms with Crippen LogP contribution in [0.25, 0.3) is 0 Å². The molecule has 5 aliphatic rings. The topological polar surface area (TPSA) is 52.9 Å². The highest BCUT2D eigenvalue weighted by Crippen LogP contribution is 2.59. The molecule has 0 radical (unpaired) electrons. The standard InChI is InChI=1S/C29H45NO3/c1-20(10-14-30-15-16-33-29(19-30)12-13-29)24-8-9-25-23(5-4-11-28(24,25)3)7-6-22-17-26(31)21(2)27(32)18-22/h6-7,20,24-27,31-32H,2,4-5,8-19H2,1,3H3/b22-6-,23-7+/t20?,24-,25+,26-,27+,28-/m1/s1. The van der Waals surface area contributed by atoms with Crippen molar-refractivity contribution in [3.05, 3.63) is 35.5 Å². The maximum absolute atomic E-state index is 10.2. The Bertz CT molecular complexity index is 796. The summed E-state index contributed by atoms with van der Waals surface area (Å²) in [5.41, 5.74) is 4.00. The lowest BCUT2D eigenvalue weighted by Crippen LogP contribution is -2.45. The van der Waals surface area contributed by atoms with Gasteiger partial charge in [0.15, 0.2) is 0 Å². The Kier molecular flexibility index (Phi) is 6.67. The van der Waals surface area contributed by atoms with Gasteiger partial charge >= 0.3 is 0 Å². The summed E-state index contributed by atoms with van der Waals surface area (Å²) in [5.74, 6) is 2.28. The van der Waals surface area contributed by atoms with Crippen molar-refractivity contribution in [2.24, 2.45) is 23.2 Å². The molecule has 0 bridgehead atoms. The first-order chi connectivity index (χ1) is 15.8. The Balaban J connectivity index is 1.21. The van der Waals surface area contributed by atoms with Crippen LogP contribution in [-0.2, 0) is 4.74 Å². The number of ether oxygens (including phenoxy) is 1. The molecule has 6 atom stereocenters. The van der Waals surface area contributed by atoms with Crippen LogP contribution in [0.4, 0.5) is 0 Å². The molecule has 4 aliphatic carbocycles. The van der Waals surface area contributed by atoms with Crippen LogP contribution in [-0.4, -0.2) is 59.2 Å². The summed E-state index contributed by atoms with van der Waals surface area (Å²) in [6.07, 6.45) is 15.0. The summed E-state index contributed by atoms with van der Waals surface area (Å²) in [4.78, 5) is 2.67. The zero-order chi connectivity index (χ0) is 23.2. The first-order valence-electron chi connectivity index (χ1n) is 13.6. The van der Waals surface area contributed by atoms with Crippen LogP contribution in [0.5, 0.6) is 0 Å². The Morgan fingerprint density at radius 2 is 1.91 bits per heavy atom. The summed E-state index contributed by atoms with van der Waals surface area (Å²) in [6.45, 7) is 13.4. The average Bonchev–Trinajstić information content (AvgIpc) is 3.42. The number of fused-ring (bicyclic) bond motifs is 1. The Hall–Kier alpha value is -0.940. The molecule has 5 rings (SSSR count). The molecule has 1 heterocycles. The van der Waals surface area contributed by atoms with Crippen molar-refractivity contribution in [2.75, 3.05) is 26.2 Å². The lowest BCUT2D eigenvalue weighted by Gasteiger charge is -2.45. The SMILES string of the molecule is C=C1[C@H](O)C/C(=C/C=C2\CCC[C@]3(C)[C@@H](C(C)CCN4CCOC5(CC5)C4)CC[C@@H]23)C[C@@H]1O. The second-order valence-corrected chi connectivity index (χ2v) is 12.3. The summed E-state index contributed by atoms with van der Waals surface area (Å²) >= 11 is 0. The predicted molar refractivity (Wildman–Crippen MR) is 133 cm³/mol. The van der Waals surface area contributed by atoms with E-state index in [1.54, 1.807) is 5.57 Å². The van der Waals surface area contributed by atoms with E-state index in [1.165, 1.54) is 57.9 Å². The number of rotatable bonds is 5. The van der Waals surface area contributed by atoms with Gasteiger partial charge in [0.2, 0.25) is 0 Å². The highest BCUT2D eigenvalue weighted by molar-refractivity contribution is 5.29. The molecule has 1 spiro atoms. The van der Waals surface area contributed by atoms with Gasteiger partial charge in [0.1, 0.15) is 0 Å². The molecular weight excluding hydrogens is 410 g/mol. The van der Waals surface area contributed by atoms with Crippen LogP contribution < -0.4 is 0 Å². The van der Waals surface area contributed by atoms with Crippen molar-refractivity contribution >= 4 is 0 Å². The fourth-order valence-electron chi connectivity index (χ4n) is 7.78. The van der Waals surface area contributed by atoms with E-state index in [1.807, 2.05) is 0 Å². The van der Waals surface area contributed by atoms with Crippen molar-refractivity contribution in [2.45, 2.75) is 95.9 Å². The van der Waals surface area contributed by atoms with E-state index in [-0.39, 0.29) is 5.60 Å². The first-order valence-corrected chi connectivity index (χ1v) is 13.6.